The van der Waals surface area contributed by atoms with E-state index in [4.69, 9.17) is 9.47 Å². The maximum absolute atomic E-state index is 11.6. The fraction of sp³-hybridized carbons (Fsp3) is 0.833. The molecule has 19 heavy (non-hydrogen) atoms. The summed E-state index contributed by atoms with van der Waals surface area (Å²) in [6, 6.07) is 0. The minimum Gasteiger partial charge on any atom is -0.450 e. The van der Waals surface area contributed by atoms with Crippen molar-refractivity contribution in [1.82, 2.24) is 15.1 Å². The van der Waals surface area contributed by atoms with Gasteiger partial charge < -0.3 is 19.7 Å². The molecule has 0 bridgehead atoms. The van der Waals surface area contributed by atoms with Crippen LogP contribution in [-0.4, -0.2) is 81.4 Å². The van der Waals surface area contributed by atoms with E-state index in [2.05, 4.69) is 5.32 Å². The second-order valence-electron chi connectivity index (χ2n) is 4.30. The van der Waals surface area contributed by atoms with Crippen molar-refractivity contribution in [2.75, 3.05) is 59.6 Å². The standard InChI is InChI=1S/C12H23N3O4/c1-3-19-12(17)15-7-5-14(6-8-15)10-11(16)13-4-9-18-2/h3-10H2,1-2H3,(H,13,16). The third-order valence-electron chi connectivity index (χ3n) is 2.89. The zero-order valence-electron chi connectivity index (χ0n) is 11.7. The Bertz CT molecular complexity index is 291. The molecule has 1 aliphatic heterocycles. The van der Waals surface area contributed by atoms with E-state index >= 15 is 0 Å². The number of piperazine rings is 1. The lowest BCUT2D eigenvalue weighted by molar-refractivity contribution is -0.122. The molecular formula is C12H23N3O4. The van der Waals surface area contributed by atoms with E-state index in [9.17, 15) is 9.59 Å². The van der Waals surface area contributed by atoms with Gasteiger partial charge in [-0.05, 0) is 6.92 Å². The van der Waals surface area contributed by atoms with Gasteiger partial charge >= 0.3 is 6.09 Å². The van der Waals surface area contributed by atoms with Crippen molar-refractivity contribution < 1.29 is 19.1 Å². The molecule has 0 aromatic heterocycles. The van der Waals surface area contributed by atoms with Crippen LogP contribution in [-0.2, 0) is 14.3 Å². The van der Waals surface area contributed by atoms with Crippen LogP contribution in [0.3, 0.4) is 0 Å². The molecule has 1 fully saturated rings. The Labute approximate surface area is 113 Å². The van der Waals surface area contributed by atoms with Gasteiger partial charge in [0.05, 0.1) is 19.8 Å². The molecule has 2 amide bonds. The summed E-state index contributed by atoms with van der Waals surface area (Å²) in [5, 5.41) is 2.77. The minimum atomic E-state index is -0.272. The van der Waals surface area contributed by atoms with E-state index < -0.39 is 0 Å². The Hall–Kier alpha value is -1.34. The summed E-state index contributed by atoms with van der Waals surface area (Å²) in [5.41, 5.74) is 0. The number of nitrogens with one attached hydrogen (secondary N) is 1. The van der Waals surface area contributed by atoms with Crippen molar-refractivity contribution >= 4 is 12.0 Å². The molecule has 7 nitrogen and oxygen atoms in total. The molecule has 1 N–H and O–H groups in total. The van der Waals surface area contributed by atoms with Crippen LogP contribution in [0, 0.1) is 0 Å². The second kappa shape index (κ2) is 8.71. The molecule has 0 spiro atoms. The summed E-state index contributed by atoms with van der Waals surface area (Å²) >= 11 is 0. The van der Waals surface area contributed by atoms with Gasteiger partial charge in [0.25, 0.3) is 0 Å². The Balaban J connectivity index is 2.19. The van der Waals surface area contributed by atoms with E-state index in [-0.39, 0.29) is 12.0 Å². The van der Waals surface area contributed by atoms with Crippen LogP contribution in [0.2, 0.25) is 0 Å². The molecule has 0 aliphatic carbocycles. The summed E-state index contributed by atoms with van der Waals surface area (Å²) in [4.78, 5) is 26.8. The van der Waals surface area contributed by atoms with E-state index in [0.29, 0.717) is 52.5 Å². The van der Waals surface area contributed by atoms with Gasteiger partial charge in [0.2, 0.25) is 5.91 Å². The topological polar surface area (TPSA) is 71.1 Å². The van der Waals surface area contributed by atoms with E-state index in [1.807, 2.05) is 4.90 Å². The quantitative estimate of drug-likeness (QED) is 0.662. The summed E-state index contributed by atoms with van der Waals surface area (Å²) in [6.45, 7) is 6.17. The Morgan fingerprint density at radius 3 is 2.47 bits per heavy atom. The molecule has 110 valence electrons. The van der Waals surface area contributed by atoms with Gasteiger partial charge in [-0.2, -0.15) is 0 Å². The predicted molar refractivity (Wildman–Crippen MR) is 69.9 cm³/mol. The Morgan fingerprint density at radius 1 is 1.21 bits per heavy atom. The Morgan fingerprint density at radius 2 is 1.89 bits per heavy atom. The van der Waals surface area contributed by atoms with Crippen LogP contribution in [0.25, 0.3) is 0 Å². The number of methoxy groups -OCH3 is 1. The third kappa shape index (κ3) is 5.89. The molecule has 0 atom stereocenters. The van der Waals surface area contributed by atoms with Gasteiger partial charge in [-0.3, -0.25) is 9.69 Å². The van der Waals surface area contributed by atoms with Gasteiger partial charge in [0.15, 0.2) is 0 Å². The van der Waals surface area contributed by atoms with Gasteiger partial charge in [0.1, 0.15) is 0 Å². The lowest BCUT2D eigenvalue weighted by atomic mass is 10.3. The molecule has 0 radical (unpaired) electrons. The van der Waals surface area contributed by atoms with Crippen molar-refractivity contribution in [2.45, 2.75) is 6.92 Å². The molecule has 1 saturated heterocycles. The third-order valence-corrected chi connectivity index (χ3v) is 2.89. The fourth-order valence-corrected chi connectivity index (χ4v) is 1.85. The number of carbonyl (C=O) groups is 2. The lowest BCUT2D eigenvalue weighted by Crippen LogP contribution is -2.51. The highest BCUT2D eigenvalue weighted by Gasteiger charge is 2.22. The molecule has 1 aliphatic rings. The van der Waals surface area contributed by atoms with Gasteiger partial charge in [-0.15, -0.1) is 0 Å². The number of carbonyl (C=O) groups excluding carboxylic acids is 2. The van der Waals surface area contributed by atoms with Crippen LogP contribution >= 0.6 is 0 Å². The van der Waals surface area contributed by atoms with E-state index in [1.165, 1.54) is 0 Å². The van der Waals surface area contributed by atoms with Crippen molar-refractivity contribution in [3.05, 3.63) is 0 Å². The molecule has 0 aromatic carbocycles. The molecule has 0 aromatic rings. The normalized spacial score (nSPS) is 16.2. The first-order valence-corrected chi connectivity index (χ1v) is 6.57. The van der Waals surface area contributed by atoms with Gasteiger partial charge in [-0.25, -0.2) is 4.79 Å². The largest absolute Gasteiger partial charge is 0.450 e. The number of hydrogen-bond acceptors (Lipinski definition) is 5. The average Bonchev–Trinajstić information content (AvgIpc) is 2.40. The lowest BCUT2D eigenvalue weighted by Gasteiger charge is -2.33. The van der Waals surface area contributed by atoms with Crippen molar-refractivity contribution in [2.24, 2.45) is 0 Å². The second-order valence-corrected chi connectivity index (χ2v) is 4.30. The monoisotopic (exact) mass is 273 g/mol. The predicted octanol–water partition coefficient (Wildman–Crippen LogP) is -0.477. The summed E-state index contributed by atoms with van der Waals surface area (Å²) in [5.74, 6) is -0.0124. The molecule has 7 heteroatoms. The average molecular weight is 273 g/mol. The Kier molecular flexibility index (Phi) is 7.20. The summed E-state index contributed by atoms with van der Waals surface area (Å²) in [6.07, 6.45) is -0.272. The minimum absolute atomic E-state index is 0.0124. The van der Waals surface area contributed by atoms with Crippen LogP contribution in [0.5, 0.6) is 0 Å². The van der Waals surface area contributed by atoms with Crippen LogP contribution in [0.4, 0.5) is 4.79 Å². The smallest absolute Gasteiger partial charge is 0.409 e. The summed E-state index contributed by atoms with van der Waals surface area (Å²) < 4.78 is 9.80. The highest BCUT2D eigenvalue weighted by molar-refractivity contribution is 5.78. The first kappa shape index (κ1) is 15.7. The van der Waals surface area contributed by atoms with Crippen LogP contribution in [0.15, 0.2) is 0 Å². The maximum Gasteiger partial charge on any atom is 0.409 e. The molecule has 1 rings (SSSR count). The van der Waals surface area contributed by atoms with Crippen molar-refractivity contribution in [1.29, 1.82) is 0 Å². The molecule has 1 heterocycles. The SMILES string of the molecule is CCOC(=O)N1CCN(CC(=O)NCCOC)CC1. The first-order valence-electron chi connectivity index (χ1n) is 6.57. The number of amides is 2. The zero-order valence-corrected chi connectivity index (χ0v) is 11.7. The molecular weight excluding hydrogens is 250 g/mol. The van der Waals surface area contributed by atoms with Gasteiger partial charge in [0, 0.05) is 39.8 Å². The van der Waals surface area contributed by atoms with Crippen LogP contribution in [0.1, 0.15) is 6.92 Å². The molecule has 0 saturated carbocycles. The number of nitrogens with zero attached hydrogens (tertiary/aromatic N) is 2. The van der Waals surface area contributed by atoms with Crippen molar-refractivity contribution in [3.8, 4) is 0 Å². The number of ether oxygens (including phenoxy) is 2. The first-order chi connectivity index (χ1) is 9.17. The highest BCUT2D eigenvalue weighted by Crippen LogP contribution is 2.03. The summed E-state index contributed by atoms with van der Waals surface area (Å²) in [7, 11) is 1.60. The highest BCUT2D eigenvalue weighted by atomic mass is 16.6. The maximum atomic E-state index is 11.6. The van der Waals surface area contributed by atoms with E-state index in [1.54, 1.807) is 18.9 Å². The van der Waals surface area contributed by atoms with Gasteiger partial charge in [-0.1, -0.05) is 0 Å². The zero-order chi connectivity index (χ0) is 14.1. The fourth-order valence-electron chi connectivity index (χ4n) is 1.85. The molecule has 0 unspecified atom stereocenters. The number of rotatable bonds is 6. The van der Waals surface area contributed by atoms with Crippen molar-refractivity contribution in [3.63, 3.8) is 0 Å². The van der Waals surface area contributed by atoms with Crippen LogP contribution < -0.4 is 5.32 Å². The van der Waals surface area contributed by atoms with E-state index in [0.717, 1.165) is 0 Å². The number of hydrogen-bond donors (Lipinski definition) is 1.